The standard InChI is InChI=1S/C16H22NO3/c1-16(11-18)7-12(8-17-10-16)6-13-9-19-14-4-2-3-5-15(14)20-13/h2-5,12-13,17H,6-11H2,1H3. The second kappa shape index (κ2) is 5.62. The molecule has 1 N–H and O–H groups in total. The van der Waals surface area contributed by atoms with Gasteiger partial charge in [-0.2, -0.15) is 0 Å². The third kappa shape index (κ3) is 2.91. The molecular weight excluding hydrogens is 254 g/mol. The fraction of sp³-hybridized carbons (Fsp3) is 0.625. The van der Waals surface area contributed by atoms with Gasteiger partial charge in [-0.15, -0.1) is 0 Å². The SMILES string of the molecule is CC1(C[O])CNCC(CC2COc3ccccc3O2)C1. The lowest BCUT2D eigenvalue weighted by Crippen LogP contribution is -2.46. The molecule has 3 rings (SSSR count). The smallest absolute Gasteiger partial charge is 0.161 e. The van der Waals surface area contributed by atoms with E-state index >= 15 is 0 Å². The monoisotopic (exact) mass is 276 g/mol. The molecular formula is C16H22NO3. The summed E-state index contributed by atoms with van der Waals surface area (Å²) in [5, 5.41) is 14.7. The minimum atomic E-state index is -0.115. The topological polar surface area (TPSA) is 50.4 Å². The minimum Gasteiger partial charge on any atom is -0.486 e. The highest BCUT2D eigenvalue weighted by Gasteiger charge is 2.34. The van der Waals surface area contributed by atoms with Crippen LogP contribution in [0.15, 0.2) is 24.3 Å². The van der Waals surface area contributed by atoms with Gasteiger partial charge in [0.2, 0.25) is 0 Å². The maximum Gasteiger partial charge on any atom is 0.161 e. The summed E-state index contributed by atoms with van der Waals surface area (Å²) in [4.78, 5) is 0. The minimum absolute atomic E-state index is 0.0125. The van der Waals surface area contributed by atoms with Crippen molar-refractivity contribution in [1.82, 2.24) is 5.32 Å². The Kier molecular flexibility index (Phi) is 3.85. The van der Waals surface area contributed by atoms with E-state index in [1.807, 2.05) is 24.3 Å². The van der Waals surface area contributed by atoms with Crippen molar-refractivity contribution >= 4 is 0 Å². The highest BCUT2D eigenvalue weighted by Crippen LogP contribution is 2.35. The summed E-state index contributed by atoms with van der Waals surface area (Å²) in [6, 6.07) is 7.79. The van der Waals surface area contributed by atoms with Crippen LogP contribution < -0.4 is 14.8 Å². The van der Waals surface area contributed by atoms with Crippen LogP contribution in [-0.2, 0) is 5.11 Å². The van der Waals surface area contributed by atoms with Gasteiger partial charge in [-0.25, -0.2) is 5.11 Å². The fourth-order valence-electron chi connectivity index (χ4n) is 3.25. The van der Waals surface area contributed by atoms with Crippen LogP contribution in [0.4, 0.5) is 0 Å². The van der Waals surface area contributed by atoms with E-state index in [1.165, 1.54) is 0 Å². The van der Waals surface area contributed by atoms with Crippen LogP contribution in [0.3, 0.4) is 0 Å². The number of ether oxygens (including phenoxy) is 2. The number of para-hydroxylation sites is 2. The molecule has 1 saturated heterocycles. The largest absolute Gasteiger partial charge is 0.486 e. The Morgan fingerprint density at radius 3 is 2.95 bits per heavy atom. The van der Waals surface area contributed by atoms with E-state index in [2.05, 4.69) is 12.2 Å². The van der Waals surface area contributed by atoms with Gasteiger partial charge in [0.15, 0.2) is 11.5 Å². The number of fused-ring (bicyclic) bond motifs is 1. The van der Waals surface area contributed by atoms with Gasteiger partial charge in [-0.1, -0.05) is 19.1 Å². The summed E-state index contributed by atoms with van der Waals surface area (Å²) in [6.07, 6.45) is 2.01. The van der Waals surface area contributed by atoms with Crippen LogP contribution in [-0.4, -0.2) is 32.4 Å². The average Bonchev–Trinajstić information content (AvgIpc) is 2.47. The number of hydrogen-bond donors (Lipinski definition) is 1. The molecule has 0 amide bonds. The maximum absolute atomic E-state index is 11.3. The summed E-state index contributed by atoms with van der Waals surface area (Å²) in [5.74, 6) is 2.15. The average molecular weight is 276 g/mol. The molecule has 109 valence electrons. The molecule has 1 aromatic rings. The van der Waals surface area contributed by atoms with Crippen LogP contribution >= 0.6 is 0 Å². The van der Waals surface area contributed by atoms with E-state index < -0.39 is 0 Å². The first-order chi connectivity index (χ1) is 9.68. The molecule has 0 bridgehead atoms. The highest BCUT2D eigenvalue weighted by atomic mass is 16.6. The van der Waals surface area contributed by atoms with Gasteiger partial charge in [0.1, 0.15) is 12.7 Å². The van der Waals surface area contributed by atoms with Crippen molar-refractivity contribution in [2.75, 3.05) is 26.3 Å². The molecule has 3 unspecified atom stereocenters. The quantitative estimate of drug-likeness (QED) is 0.921. The molecule has 0 spiro atoms. The second-order valence-corrected chi connectivity index (χ2v) is 6.39. The number of hydrogen-bond acceptors (Lipinski definition) is 3. The molecule has 0 aromatic heterocycles. The van der Waals surface area contributed by atoms with Crippen molar-refractivity contribution < 1.29 is 14.6 Å². The summed E-state index contributed by atoms with van der Waals surface area (Å²) in [5.41, 5.74) is -0.115. The van der Waals surface area contributed by atoms with E-state index in [1.54, 1.807) is 0 Å². The third-order valence-electron chi connectivity index (χ3n) is 4.28. The Balaban J connectivity index is 1.59. The van der Waals surface area contributed by atoms with Crippen LogP contribution in [0.25, 0.3) is 0 Å². The van der Waals surface area contributed by atoms with Crippen molar-refractivity contribution in [1.29, 1.82) is 0 Å². The number of benzene rings is 1. The van der Waals surface area contributed by atoms with Crippen molar-refractivity contribution in [3.63, 3.8) is 0 Å². The van der Waals surface area contributed by atoms with Crippen molar-refractivity contribution in [3.8, 4) is 11.5 Å². The Morgan fingerprint density at radius 2 is 2.15 bits per heavy atom. The maximum atomic E-state index is 11.3. The van der Waals surface area contributed by atoms with E-state index in [9.17, 15) is 5.11 Å². The van der Waals surface area contributed by atoms with Crippen molar-refractivity contribution in [2.24, 2.45) is 11.3 Å². The first-order valence-electron chi connectivity index (χ1n) is 7.36. The Labute approximate surface area is 120 Å². The zero-order chi connectivity index (χ0) is 14.0. The Hall–Kier alpha value is -1.26. The Bertz CT molecular complexity index is 465. The van der Waals surface area contributed by atoms with Gasteiger partial charge >= 0.3 is 0 Å². The first-order valence-corrected chi connectivity index (χ1v) is 7.36. The first kappa shape index (κ1) is 13.7. The molecule has 3 atom stereocenters. The summed E-state index contributed by atoms with van der Waals surface area (Å²) in [6.45, 7) is 4.46. The van der Waals surface area contributed by atoms with E-state index in [4.69, 9.17) is 9.47 Å². The van der Waals surface area contributed by atoms with Crippen molar-refractivity contribution in [2.45, 2.75) is 25.9 Å². The predicted octanol–water partition coefficient (Wildman–Crippen LogP) is 2.26. The predicted molar refractivity (Wildman–Crippen MR) is 75.6 cm³/mol. The lowest BCUT2D eigenvalue weighted by Gasteiger charge is -2.38. The van der Waals surface area contributed by atoms with Gasteiger partial charge < -0.3 is 14.8 Å². The van der Waals surface area contributed by atoms with Crippen LogP contribution in [0.2, 0.25) is 0 Å². The van der Waals surface area contributed by atoms with Crippen molar-refractivity contribution in [3.05, 3.63) is 24.3 Å². The Morgan fingerprint density at radius 1 is 1.35 bits per heavy atom. The van der Waals surface area contributed by atoms with Crippen LogP contribution in [0.5, 0.6) is 11.5 Å². The van der Waals surface area contributed by atoms with E-state index in [-0.39, 0.29) is 18.1 Å². The fourth-order valence-corrected chi connectivity index (χ4v) is 3.25. The molecule has 4 nitrogen and oxygen atoms in total. The molecule has 2 aliphatic rings. The molecule has 0 aliphatic carbocycles. The zero-order valence-electron chi connectivity index (χ0n) is 11.9. The molecule has 2 aliphatic heterocycles. The van der Waals surface area contributed by atoms with Gasteiger partial charge in [-0.05, 0) is 37.4 Å². The third-order valence-corrected chi connectivity index (χ3v) is 4.28. The second-order valence-electron chi connectivity index (χ2n) is 6.39. The van der Waals surface area contributed by atoms with Gasteiger partial charge in [0.25, 0.3) is 0 Å². The molecule has 20 heavy (non-hydrogen) atoms. The zero-order valence-corrected chi connectivity index (χ0v) is 11.9. The van der Waals surface area contributed by atoms with Crippen LogP contribution in [0.1, 0.15) is 19.8 Å². The summed E-state index contributed by atoms with van der Waals surface area (Å²) in [7, 11) is 0. The molecule has 2 heterocycles. The molecule has 0 saturated carbocycles. The van der Waals surface area contributed by atoms with E-state index in [0.29, 0.717) is 12.5 Å². The molecule has 1 radical (unpaired) electrons. The van der Waals surface area contributed by atoms with Gasteiger partial charge in [0, 0.05) is 12.0 Å². The number of rotatable bonds is 3. The van der Waals surface area contributed by atoms with Gasteiger partial charge in [0.05, 0.1) is 6.61 Å². The van der Waals surface area contributed by atoms with Gasteiger partial charge in [-0.3, -0.25) is 0 Å². The number of piperidine rings is 1. The summed E-state index contributed by atoms with van der Waals surface area (Å²) >= 11 is 0. The lowest BCUT2D eigenvalue weighted by molar-refractivity contribution is 0.0217. The highest BCUT2D eigenvalue weighted by molar-refractivity contribution is 5.40. The number of nitrogens with one attached hydrogen (secondary N) is 1. The van der Waals surface area contributed by atoms with Crippen LogP contribution in [0, 0.1) is 11.3 Å². The lowest BCUT2D eigenvalue weighted by atomic mass is 9.77. The molecule has 4 heteroatoms. The molecule has 1 fully saturated rings. The normalized spacial score (nSPS) is 32.9. The molecule has 1 aromatic carbocycles. The summed E-state index contributed by atoms with van der Waals surface area (Å²) < 4.78 is 11.8. The van der Waals surface area contributed by atoms with E-state index in [0.717, 1.165) is 37.4 Å².